The van der Waals surface area contributed by atoms with Gasteiger partial charge in [0.15, 0.2) is 0 Å². The molecular weight excluding hydrogens is 240 g/mol. The van der Waals surface area contributed by atoms with Crippen LogP contribution in [0.5, 0.6) is 0 Å². The van der Waals surface area contributed by atoms with E-state index in [0.717, 1.165) is 16.5 Å². The fourth-order valence-electron chi connectivity index (χ4n) is 1.98. The fourth-order valence-corrected chi connectivity index (χ4v) is 1.98. The molecular formula is C14H16N4O. The molecule has 1 amide bonds. The first kappa shape index (κ1) is 13.1. The van der Waals surface area contributed by atoms with E-state index in [9.17, 15) is 4.79 Å². The summed E-state index contributed by atoms with van der Waals surface area (Å²) in [5.74, 6) is -0.0874. The SMILES string of the molecule is N#CCCNC(=O)Cn1ccc2cc(CN)ccc21. The Balaban J connectivity index is 2.09. The van der Waals surface area contributed by atoms with Crippen LogP contribution in [0.1, 0.15) is 12.0 Å². The first-order valence-electron chi connectivity index (χ1n) is 6.16. The number of nitrogens with one attached hydrogen (secondary N) is 1. The van der Waals surface area contributed by atoms with E-state index < -0.39 is 0 Å². The third-order valence-corrected chi connectivity index (χ3v) is 2.94. The van der Waals surface area contributed by atoms with Crippen LogP contribution in [-0.4, -0.2) is 17.0 Å². The number of fused-ring (bicyclic) bond motifs is 1. The van der Waals surface area contributed by atoms with Crippen molar-refractivity contribution in [2.75, 3.05) is 6.54 Å². The maximum atomic E-state index is 11.7. The summed E-state index contributed by atoms with van der Waals surface area (Å²) in [5, 5.41) is 12.2. The minimum atomic E-state index is -0.0874. The van der Waals surface area contributed by atoms with Crippen LogP contribution in [0.3, 0.4) is 0 Å². The second kappa shape index (κ2) is 6.03. The number of carbonyl (C=O) groups excluding carboxylic acids is 1. The van der Waals surface area contributed by atoms with E-state index >= 15 is 0 Å². The maximum absolute atomic E-state index is 11.7. The molecule has 3 N–H and O–H groups in total. The Bertz CT molecular complexity index is 624. The molecule has 0 radical (unpaired) electrons. The van der Waals surface area contributed by atoms with Gasteiger partial charge in [0, 0.05) is 24.8 Å². The molecule has 98 valence electrons. The zero-order chi connectivity index (χ0) is 13.7. The van der Waals surface area contributed by atoms with Crippen molar-refractivity contribution >= 4 is 16.8 Å². The van der Waals surface area contributed by atoms with Gasteiger partial charge in [0.2, 0.25) is 5.91 Å². The smallest absolute Gasteiger partial charge is 0.239 e. The number of hydrogen-bond acceptors (Lipinski definition) is 3. The summed E-state index contributed by atoms with van der Waals surface area (Å²) in [6.07, 6.45) is 2.22. The molecule has 1 aromatic carbocycles. The molecule has 1 heterocycles. The van der Waals surface area contributed by atoms with Gasteiger partial charge in [-0.1, -0.05) is 6.07 Å². The number of amides is 1. The highest BCUT2D eigenvalue weighted by Gasteiger charge is 2.06. The zero-order valence-corrected chi connectivity index (χ0v) is 10.6. The third kappa shape index (κ3) is 3.12. The molecule has 0 saturated carbocycles. The van der Waals surface area contributed by atoms with Crippen molar-refractivity contribution in [3.63, 3.8) is 0 Å². The molecule has 2 rings (SSSR count). The number of nitrogens with zero attached hydrogens (tertiary/aromatic N) is 2. The molecule has 0 aliphatic rings. The lowest BCUT2D eigenvalue weighted by molar-refractivity contribution is -0.121. The third-order valence-electron chi connectivity index (χ3n) is 2.94. The van der Waals surface area contributed by atoms with Gasteiger partial charge in [-0.3, -0.25) is 4.79 Å². The van der Waals surface area contributed by atoms with Gasteiger partial charge in [0.1, 0.15) is 6.54 Å². The van der Waals surface area contributed by atoms with Crippen LogP contribution in [0.4, 0.5) is 0 Å². The van der Waals surface area contributed by atoms with E-state index in [4.69, 9.17) is 11.0 Å². The molecule has 0 spiro atoms. The van der Waals surface area contributed by atoms with Crippen molar-refractivity contribution in [1.29, 1.82) is 5.26 Å². The van der Waals surface area contributed by atoms with Crippen LogP contribution in [0.15, 0.2) is 30.5 Å². The van der Waals surface area contributed by atoms with E-state index in [1.165, 1.54) is 0 Å². The molecule has 5 heteroatoms. The summed E-state index contributed by atoms with van der Waals surface area (Å²) in [7, 11) is 0. The Morgan fingerprint density at radius 2 is 2.26 bits per heavy atom. The van der Waals surface area contributed by atoms with Gasteiger partial charge in [-0.2, -0.15) is 5.26 Å². The molecule has 0 fully saturated rings. The lowest BCUT2D eigenvalue weighted by atomic mass is 10.1. The minimum absolute atomic E-state index is 0.0874. The predicted octanol–water partition coefficient (Wildman–Crippen LogP) is 1.13. The van der Waals surface area contributed by atoms with Gasteiger partial charge in [0.05, 0.1) is 12.5 Å². The molecule has 5 nitrogen and oxygen atoms in total. The van der Waals surface area contributed by atoms with Crippen molar-refractivity contribution in [1.82, 2.24) is 9.88 Å². The summed E-state index contributed by atoms with van der Waals surface area (Å²) in [6, 6.07) is 9.92. The number of rotatable bonds is 5. The van der Waals surface area contributed by atoms with E-state index in [1.54, 1.807) is 0 Å². The first-order chi connectivity index (χ1) is 9.24. The van der Waals surface area contributed by atoms with Crippen molar-refractivity contribution in [3.8, 4) is 6.07 Å². The second-order valence-corrected chi connectivity index (χ2v) is 4.30. The summed E-state index contributed by atoms with van der Waals surface area (Å²) < 4.78 is 1.89. The minimum Gasteiger partial charge on any atom is -0.354 e. The second-order valence-electron chi connectivity index (χ2n) is 4.30. The molecule has 0 aliphatic heterocycles. The molecule has 0 saturated heterocycles. The van der Waals surface area contributed by atoms with Gasteiger partial charge < -0.3 is 15.6 Å². The number of nitriles is 1. The van der Waals surface area contributed by atoms with E-state index in [1.807, 2.05) is 41.1 Å². The summed E-state index contributed by atoms with van der Waals surface area (Å²) >= 11 is 0. The molecule has 0 aliphatic carbocycles. The Morgan fingerprint density at radius 3 is 3.00 bits per heavy atom. The quantitative estimate of drug-likeness (QED) is 0.786. The van der Waals surface area contributed by atoms with E-state index in [-0.39, 0.29) is 12.5 Å². The number of benzene rings is 1. The normalized spacial score (nSPS) is 10.3. The average molecular weight is 256 g/mol. The summed E-state index contributed by atoms with van der Waals surface area (Å²) in [6.45, 7) is 1.17. The van der Waals surface area contributed by atoms with Crippen LogP contribution < -0.4 is 11.1 Å². The molecule has 0 unspecified atom stereocenters. The highest BCUT2D eigenvalue weighted by atomic mass is 16.1. The predicted molar refractivity (Wildman–Crippen MR) is 73.1 cm³/mol. The van der Waals surface area contributed by atoms with Crippen LogP contribution in [0, 0.1) is 11.3 Å². The molecule has 0 bridgehead atoms. The van der Waals surface area contributed by atoms with Crippen LogP contribution >= 0.6 is 0 Å². The average Bonchev–Trinajstić information content (AvgIpc) is 2.81. The van der Waals surface area contributed by atoms with Gasteiger partial charge in [-0.25, -0.2) is 0 Å². The number of aromatic nitrogens is 1. The highest BCUT2D eigenvalue weighted by molar-refractivity contribution is 5.83. The largest absolute Gasteiger partial charge is 0.354 e. The molecule has 0 atom stereocenters. The standard InChI is InChI=1S/C14H16N4O/c15-5-1-6-17-14(19)10-18-7-4-12-8-11(9-16)2-3-13(12)18/h2-4,7-8H,1,6,9-10,16H2,(H,17,19). The van der Waals surface area contributed by atoms with Crippen LogP contribution in [0.2, 0.25) is 0 Å². The Labute approximate surface area is 111 Å². The summed E-state index contributed by atoms with van der Waals surface area (Å²) in [5.41, 5.74) is 7.68. The van der Waals surface area contributed by atoms with Crippen molar-refractivity contribution in [2.24, 2.45) is 5.73 Å². The maximum Gasteiger partial charge on any atom is 0.239 e. The van der Waals surface area contributed by atoms with Crippen LogP contribution in [0.25, 0.3) is 10.9 Å². The number of carbonyl (C=O) groups is 1. The molecule has 2 aromatic rings. The summed E-state index contributed by atoms with van der Waals surface area (Å²) in [4.78, 5) is 11.7. The van der Waals surface area contributed by atoms with E-state index in [0.29, 0.717) is 19.5 Å². The van der Waals surface area contributed by atoms with Crippen molar-refractivity contribution in [3.05, 3.63) is 36.0 Å². The van der Waals surface area contributed by atoms with Crippen molar-refractivity contribution in [2.45, 2.75) is 19.5 Å². The lowest BCUT2D eigenvalue weighted by Gasteiger charge is -2.06. The first-order valence-corrected chi connectivity index (χ1v) is 6.16. The Hall–Kier alpha value is -2.32. The number of nitrogens with two attached hydrogens (primary N) is 1. The van der Waals surface area contributed by atoms with Crippen LogP contribution in [-0.2, 0) is 17.9 Å². The Morgan fingerprint density at radius 1 is 1.42 bits per heavy atom. The lowest BCUT2D eigenvalue weighted by Crippen LogP contribution is -2.27. The van der Waals surface area contributed by atoms with E-state index in [2.05, 4.69) is 5.32 Å². The van der Waals surface area contributed by atoms with Gasteiger partial charge in [-0.05, 0) is 29.1 Å². The highest BCUT2D eigenvalue weighted by Crippen LogP contribution is 2.17. The van der Waals surface area contributed by atoms with Gasteiger partial charge >= 0.3 is 0 Å². The van der Waals surface area contributed by atoms with Crippen molar-refractivity contribution < 1.29 is 4.79 Å². The molecule has 19 heavy (non-hydrogen) atoms. The van der Waals surface area contributed by atoms with Gasteiger partial charge in [0.25, 0.3) is 0 Å². The number of hydrogen-bond donors (Lipinski definition) is 2. The van der Waals surface area contributed by atoms with Gasteiger partial charge in [-0.15, -0.1) is 0 Å². The topological polar surface area (TPSA) is 83.8 Å². The molecule has 1 aromatic heterocycles. The fraction of sp³-hybridized carbons (Fsp3) is 0.286. The Kier molecular flexibility index (Phi) is 4.16. The monoisotopic (exact) mass is 256 g/mol. The zero-order valence-electron chi connectivity index (χ0n) is 10.6.